The van der Waals surface area contributed by atoms with Crippen LogP contribution >= 0.6 is 0 Å². The molecule has 0 radical (unpaired) electrons. The zero-order chi connectivity index (χ0) is 14.7. The van der Waals surface area contributed by atoms with Crippen molar-refractivity contribution in [3.8, 4) is 0 Å². The van der Waals surface area contributed by atoms with Crippen LogP contribution in [0.4, 0.5) is 13.2 Å². The topological polar surface area (TPSA) is 40.6 Å². The van der Waals surface area contributed by atoms with Crippen molar-refractivity contribution in [2.24, 2.45) is 0 Å². The highest BCUT2D eigenvalue weighted by atomic mass is 32.2. The van der Waals surface area contributed by atoms with Crippen LogP contribution in [0.3, 0.4) is 0 Å². The van der Waals surface area contributed by atoms with E-state index in [2.05, 4.69) is 0 Å². The van der Waals surface area contributed by atoms with E-state index in [9.17, 15) is 21.6 Å². The Hall–Kier alpha value is -0.340. The fourth-order valence-corrected chi connectivity index (χ4v) is 3.63. The molecule has 4 nitrogen and oxygen atoms in total. The predicted molar refractivity (Wildman–Crippen MR) is 66.9 cm³/mol. The molecule has 0 aromatic rings. The Balaban J connectivity index is 2.84. The molecule has 19 heavy (non-hydrogen) atoms. The standard InChI is InChI=1S/C11H21F3N2O2S/c1-15(2)19(17,18)16(9-8-11(12,13)14)10-6-4-3-5-7-10/h10H,3-9H2,1-2H3. The molecule has 1 aliphatic rings. The summed E-state index contributed by atoms with van der Waals surface area (Å²) in [6, 6.07) is -0.302. The second kappa shape index (κ2) is 6.41. The average molecular weight is 302 g/mol. The van der Waals surface area contributed by atoms with Crippen LogP contribution in [0.5, 0.6) is 0 Å². The quantitative estimate of drug-likeness (QED) is 0.782. The van der Waals surface area contributed by atoms with Crippen molar-refractivity contribution in [3.63, 3.8) is 0 Å². The van der Waals surface area contributed by atoms with Gasteiger partial charge in [-0.05, 0) is 12.8 Å². The van der Waals surface area contributed by atoms with Crippen molar-refractivity contribution in [2.45, 2.75) is 50.7 Å². The molecule has 1 aliphatic carbocycles. The van der Waals surface area contributed by atoms with Gasteiger partial charge in [-0.25, -0.2) is 0 Å². The van der Waals surface area contributed by atoms with Crippen molar-refractivity contribution in [1.82, 2.24) is 8.61 Å². The minimum Gasteiger partial charge on any atom is -0.195 e. The van der Waals surface area contributed by atoms with E-state index < -0.39 is 29.4 Å². The monoisotopic (exact) mass is 302 g/mol. The van der Waals surface area contributed by atoms with Gasteiger partial charge in [0, 0.05) is 26.7 Å². The summed E-state index contributed by atoms with van der Waals surface area (Å²) < 4.78 is 63.3. The van der Waals surface area contributed by atoms with Crippen molar-refractivity contribution in [2.75, 3.05) is 20.6 Å². The second-order valence-corrected chi connectivity index (χ2v) is 7.15. The molecule has 0 bridgehead atoms. The maximum absolute atomic E-state index is 12.3. The van der Waals surface area contributed by atoms with Gasteiger partial charge in [0.2, 0.25) is 0 Å². The normalized spacial score (nSPS) is 19.3. The van der Waals surface area contributed by atoms with E-state index in [-0.39, 0.29) is 6.04 Å². The number of rotatable bonds is 5. The summed E-state index contributed by atoms with van der Waals surface area (Å²) in [6.45, 7) is -0.491. The summed E-state index contributed by atoms with van der Waals surface area (Å²) >= 11 is 0. The molecular formula is C11H21F3N2O2S. The molecule has 0 amide bonds. The van der Waals surface area contributed by atoms with Gasteiger partial charge >= 0.3 is 6.18 Å². The highest BCUT2D eigenvalue weighted by Crippen LogP contribution is 2.28. The maximum Gasteiger partial charge on any atom is 0.390 e. The van der Waals surface area contributed by atoms with Crippen molar-refractivity contribution in [3.05, 3.63) is 0 Å². The van der Waals surface area contributed by atoms with Gasteiger partial charge in [-0.3, -0.25) is 0 Å². The molecule has 0 aromatic heterocycles. The average Bonchev–Trinajstić information content (AvgIpc) is 2.28. The molecule has 114 valence electrons. The predicted octanol–water partition coefficient (Wildman–Crippen LogP) is 2.38. The summed E-state index contributed by atoms with van der Waals surface area (Å²) in [5.41, 5.74) is 0. The number of nitrogens with zero attached hydrogens (tertiary/aromatic N) is 2. The molecule has 0 saturated heterocycles. The Kier molecular flexibility index (Phi) is 5.64. The SMILES string of the molecule is CN(C)S(=O)(=O)N(CCC(F)(F)F)C1CCCCC1. The van der Waals surface area contributed by atoms with Crippen molar-refractivity contribution < 1.29 is 21.6 Å². The lowest BCUT2D eigenvalue weighted by Crippen LogP contribution is -2.48. The fourth-order valence-electron chi connectivity index (χ4n) is 2.30. The molecule has 0 unspecified atom stereocenters. The van der Waals surface area contributed by atoms with Crippen LogP contribution in [0.1, 0.15) is 38.5 Å². The zero-order valence-corrected chi connectivity index (χ0v) is 12.1. The fraction of sp³-hybridized carbons (Fsp3) is 1.00. The van der Waals surface area contributed by atoms with E-state index in [0.717, 1.165) is 27.9 Å². The van der Waals surface area contributed by atoms with E-state index in [0.29, 0.717) is 12.8 Å². The van der Waals surface area contributed by atoms with Gasteiger partial charge in [0.1, 0.15) is 0 Å². The third-order valence-corrected chi connectivity index (χ3v) is 5.35. The van der Waals surface area contributed by atoms with E-state index in [1.54, 1.807) is 0 Å². The van der Waals surface area contributed by atoms with Crippen LogP contribution in [-0.2, 0) is 10.2 Å². The van der Waals surface area contributed by atoms with Gasteiger partial charge in [0.25, 0.3) is 10.2 Å². The second-order valence-electron chi connectivity index (χ2n) is 5.06. The van der Waals surface area contributed by atoms with Gasteiger partial charge in [0.05, 0.1) is 6.42 Å². The third kappa shape index (κ3) is 4.92. The zero-order valence-electron chi connectivity index (χ0n) is 11.3. The van der Waals surface area contributed by atoms with Gasteiger partial charge < -0.3 is 0 Å². The first-order valence-electron chi connectivity index (χ1n) is 6.40. The highest BCUT2D eigenvalue weighted by Gasteiger charge is 2.36. The largest absolute Gasteiger partial charge is 0.390 e. The Labute approximate surface area is 112 Å². The first-order chi connectivity index (χ1) is 8.64. The first-order valence-corrected chi connectivity index (χ1v) is 7.80. The lowest BCUT2D eigenvalue weighted by Gasteiger charge is -2.35. The Morgan fingerprint density at radius 1 is 1.11 bits per heavy atom. The molecule has 0 aliphatic heterocycles. The third-order valence-electron chi connectivity index (χ3n) is 3.36. The number of alkyl halides is 3. The summed E-state index contributed by atoms with van der Waals surface area (Å²) in [7, 11) is -1.10. The van der Waals surface area contributed by atoms with E-state index in [4.69, 9.17) is 0 Å². The van der Waals surface area contributed by atoms with Crippen LogP contribution in [0, 0.1) is 0 Å². The van der Waals surface area contributed by atoms with Crippen molar-refractivity contribution >= 4 is 10.2 Å². The van der Waals surface area contributed by atoms with Crippen LogP contribution in [-0.4, -0.2) is 49.9 Å². The highest BCUT2D eigenvalue weighted by molar-refractivity contribution is 7.86. The summed E-state index contributed by atoms with van der Waals surface area (Å²) in [5, 5.41) is 0. The molecule has 1 rings (SSSR count). The summed E-state index contributed by atoms with van der Waals surface area (Å²) in [5.74, 6) is 0. The molecule has 0 N–H and O–H groups in total. The number of halogens is 3. The van der Waals surface area contributed by atoms with Gasteiger partial charge in [-0.15, -0.1) is 0 Å². The van der Waals surface area contributed by atoms with Crippen LogP contribution in [0.15, 0.2) is 0 Å². The van der Waals surface area contributed by atoms with Crippen LogP contribution in [0.25, 0.3) is 0 Å². The Morgan fingerprint density at radius 2 is 1.63 bits per heavy atom. The van der Waals surface area contributed by atoms with Gasteiger partial charge in [-0.2, -0.15) is 30.2 Å². The van der Waals surface area contributed by atoms with Gasteiger partial charge in [-0.1, -0.05) is 19.3 Å². The van der Waals surface area contributed by atoms with Gasteiger partial charge in [0.15, 0.2) is 0 Å². The lowest BCUT2D eigenvalue weighted by molar-refractivity contribution is -0.136. The van der Waals surface area contributed by atoms with E-state index in [1.165, 1.54) is 14.1 Å². The minimum absolute atomic E-state index is 0.302. The molecular weight excluding hydrogens is 281 g/mol. The van der Waals surface area contributed by atoms with E-state index in [1.807, 2.05) is 0 Å². The molecule has 0 heterocycles. The van der Waals surface area contributed by atoms with Crippen LogP contribution in [0.2, 0.25) is 0 Å². The number of hydrogen-bond donors (Lipinski definition) is 0. The maximum atomic E-state index is 12.3. The number of hydrogen-bond acceptors (Lipinski definition) is 2. The molecule has 0 spiro atoms. The van der Waals surface area contributed by atoms with Crippen molar-refractivity contribution in [1.29, 1.82) is 0 Å². The Bertz CT molecular complexity index is 376. The molecule has 1 saturated carbocycles. The molecule has 0 atom stereocenters. The Morgan fingerprint density at radius 3 is 2.05 bits per heavy atom. The molecule has 0 aromatic carbocycles. The summed E-state index contributed by atoms with van der Waals surface area (Å²) in [4.78, 5) is 0. The minimum atomic E-state index is -4.34. The smallest absolute Gasteiger partial charge is 0.195 e. The lowest BCUT2D eigenvalue weighted by atomic mass is 9.95. The van der Waals surface area contributed by atoms with E-state index >= 15 is 0 Å². The van der Waals surface area contributed by atoms with Crippen LogP contribution < -0.4 is 0 Å². The summed E-state index contributed by atoms with van der Waals surface area (Å²) in [6.07, 6.45) is -1.39. The molecule has 8 heteroatoms. The first kappa shape index (κ1) is 16.7. The molecule has 1 fully saturated rings.